The summed E-state index contributed by atoms with van der Waals surface area (Å²) in [6.45, 7) is 4.35. The SMILES string of the molecule is CCc1ccc(CNCC2C3CCC(C3)C2N)s1. The predicted octanol–water partition coefficient (Wildman–Crippen LogP) is 2.77. The monoisotopic (exact) mass is 264 g/mol. The third-order valence-electron chi connectivity index (χ3n) is 4.90. The summed E-state index contributed by atoms with van der Waals surface area (Å²) in [5.41, 5.74) is 6.33. The molecule has 2 saturated carbocycles. The average Bonchev–Trinajstić information content (AvgIpc) is 3.07. The van der Waals surface area contributed by atoms with Gasteiger partial charge in [0.25, 0.3) is 0 Å². The van der Waals surface area contributed by atoms with Crippen LogP contribution in [0.25, 0.3) is 0 Å². The molecule has 1 aromatic rings. The van der Waals surface area contributed by atoms with Crippen LogP contribution in [0, 0.1) is 17.8 Å². The van der Waals surface area contributed by atoms with Crippen molar-refractivity contribution < 1.29 is 0 Å². The molecule has 1 aromatic heterocycles. The van der Waals surface area contributed by atoms with E-state index in [1.165, 1.54) is 29.0 Å². The maximum atomic E-state index is 6.33. The molecule has 2 bridgehead atoms. The summed E-state index contributed by atoms with van der Waals surface area (Å²) in [5, 5.41) is 3.63. The molecule has 3 heteroatoms. The lowest BCUT2D eigenvalue weighted by Crippen LogP contribution is -2.41. The van der Waals surface area contributed by atoms with Crippen molar-refractivity contribution in [1.82, 2.24) is 5.32 Å². The van der Waals surface area contributed by atoms with Crippen LogP contribution in [0.3, 0.4) is 0 Å². The maximum Gasteiger partial charge on any atom is 0.0299 e. The van der Waals surface area contributed by atoms with Crippen LogP contribution in [0.2, 0.25) is 0 Å². The number of nitrogens with two attached hydrogens (primary N) is 1. The van der Waals surface area contributed by atoms with Crippen LogP contribution in [0.1, 0.15) is 35.9 Å². The van der Waals surface area contributed by atoms with Crippen molar-refractivity contribution >= 4 is 11.3 Å². The lowest BCUT2D eigenvalue weighted by Gasteiger charge is -2.28. The van der Waals surface area contributed by atoms with E-state index in [0.29, 0.717) is 6.04 Å². The Labute approximate surface area is 114 Å². The molecule has 0 spiro atoms. The highest BCUT2D eigenvalue weighted by atomic mass is 32.1. The Hall–Kier alpha value is -0.380. The van der Waals surface area contributed by atoms with E-state index in [-0.39, 0.29) is 0 Å². The van der Waals surface area contributed by atoms with Gasteiger partial charge in [-0.1, -0.05) is 6.92 Å². The Morgan fingerprint density at radius 3 is 2.72 bits per heavy atom. The minimum atomic E-state index is 0.464. The van der Waals surface area contributed by atoms with Gasteiger partial charge < -0.3 is 11.1 Å². The van der Waals surface area contributed by atoms with Crippen molar-refractivity contribution in [3.63, 3.8) is 0 Å². The van der Waals surface area contributed by atoms with Crippen LogP contribution in [-0.2, 0) is 13.0 Å². The Morgan fingerprint density at radius 1 is 1.28 bits per heavy atom. The van der Waals surface area contributed by atoms with Crippen LogP contribution in [0.15, 0.2) is 12.1 Å². The van der Waals surface area contributed by atoms with Gasteiger partial charge in [-0.2, -0.15) is 0 Å². The van der Waals surface area contributed by atoms with Gasteiger partial charge in [0.1, 0.15) is 0 Å². The van der Waals surface area contributed by atoms with Gasteiger partial charge in [-0.15, -0.1) is 11.3 Å². The largest absolute Gasteiger partial charge is 0.327 e. The molecule has 0 aromatic carbocycles. The summed E-state index contributed by atoms with van der Waals surface area (Å²) in [6.07, 6.45) is 5.35. The summed E-state index contributed by atoms with van der Waals surface area (Å²) >= 11 is 1.94. The number of hydrogen-bond acceptors (Lipinski definition) is 3. The molecule has 4 atom stereocenters. The van der Waals surface area contributed by atoms with Gasteiger partial charge in [-0.25, -0.2) is 0 Å². The number of nitrogens with one attached hydrogen (secondary N) is 1. The maximum absolute atomic E-state index is 6.33. The highest BCUT2D eigenvalue weighted by Gasteiger charge is 2.45. The van der Waals surface area contributed by atoms with Crippen LogP contribution in [-0.4, -0.2) is 12.6 Å². The molecule has 3 N–H and O–H groups in total. The molecule has 0 radical (unpaired) electrons. The first-order chi connectivity index (χ1) is 8.78. The van der Waals surface area contributed by atoms with Gasteiger partial charge >= 0.3 is 0 Å². The zero-order valence-electron chi connectivity index (χ0n) is 11.2. The lowest BCUT2D eigenvalue weighted by molar-refractivity contribution is 0.278. The third kappa shape index (κ3) is 2.36. The zero-order chi connectivity index (χ0) is 12.5. The third-order valence-corrected chi connectivity index (χ3v) is 6.13. The zero-order valence-corrected chi connectivity index (χ0v) is 12.0. The smallest absolute Gasteiger partial charge is 0.0299 e. The molecule has 100 valence electrons. The molecule has 2 fully saturated rings. The molecule has 2 aliphatic carbocycles. The van der Waals surface area contributed by atoms with E-state index in [4.69, 9.17) is 5.73 Å². The summed E-state index contributed by atoms with van der Waals surface area (Å²) in [5.74, 6) is 2.47. The van der Waals surface area contributed by atoms with Crippen LogP contribution in [0.4, 0.5) is 0 Å². The highest BCUT2D eigenvalue weighted by Crippen LogP contribution is 2.47. The number of hydrogen-bond donors (Lipinski definition) is 2. The molecule has 0 aliphatic heterocycles. The average molecular weight is 264 g/mol. The minimum absolute atomic E-state index is 0.464. The van der Waals surface area contributed by atoms with E-state index in [1.54, 1.807) is 0 Å². The van der Waals surface area contributed by atoms with Gasteiger partial charge in [0.05, 0.1) is 0 Å². The standard InChI is InChI=1S/C15H24N2S/c1-2-12-5-6-13(18-12)8-17-9-14-10-3-4-11(7-10)15(14)16/h5-6,10-11,14-15,17H,2-4,7-9,16H2,1H3. The van der Waals surface area contributed by atoms with Crippen molar-refractivity contribution in [1.29, 1.82) is 0 Å². The van der Waals surface area contributed by atoms with Crippen LogP contribution < -0.4 is 11.1 Å². The number of aryl methyl sites for hydroxylation is 1. The Balaban J connectivity index is 1.47. The topological polar surface area (TPSA) is 38.0 Å². The van der Waals surface area contributed by atoms with Crippen LogP contribution in [0.5, 0.6) is 0 Å². The summed E-state index contributed by atoms with van der Waals surface area (Å²) in [4.78, 5) is 2.95. The molecule has 2 nitrogen and oxygen atoms in total. The van der Waals surface area contributed by atoms with E-state index in [0.717, 1.165) is 37.3 Å². The highest BCUT2D eigenvalue weighted by molar-refractivity contribution is 7.11. The number of fused-ring (bicyclic) bond motifs is 2. The first kappa shape index (κ1) is 12.6. The molecule has 0 amide bonds. The second-order valence-corrected chi connectivity index (χ2v) is 7.18. The lowest BCUT2D eigenvalue weighted by atomic mass is 9.85. The molecule has 4 unspecified atom stereocenters. The molecule has 3 rings (SSSR count). The normalized spacial score (nSPS) is 34.3. The molecule has 0 saturated heterocycles. The van der Waals surface area contributed by atoms with Gasteiger partial charge in [0.15, 0.2) is 0 Å². The van der Waals surface area contributed by atoms with Gasteiger partial charge in [0, 0.05) is 28.9 Å². The minimum Gasteiger partial charge on any atom is -0.327 e. The first-order valence-electron chi connectivity index (χ1n) is 7.31. The first-order valence-corrected chi connectivity index (χ1v) is 8.13. The quantitative estimate of drug-likeness (QED) is 0.858. The van der Waals surface area contributed by atoms with Crippen molar-refractivity contribution in [2.24, 2.45) is 23.5 Å². The molecule has 1 heterocycles. The van der Waals surface area contributed by atoms with Crippen LogP contribution >= 0.6 is 11.3 Å². The fourth-order valence-corrected chi connectivity index (χ4v) is 4.75. The second kappa shape index (κ2) is 5.32. The van der Waals surface area contributed by atoms with E-state index in [1.807, 2.05) is 11.3 Å². The second-order valence-electron chi connectivity index (χ2n) is 5.93. The number of thiophene rings is 1. The molecular weight excluding hydrogens is 240 g/mol. The Kier molecular flexibility index (Phi) is 3.73. The molecular formula is C15H24N2S. The van der Waals surface area contributed by atoms with Crippen molar-refractivity contribution in [2.45, 2.75) is 45.2 Å². The predicted molar refractivity (Wildman–Crippen MR) is 77.7 cm³/mol. The fraction of sp³-hybridized carbons (Fsp3) is 0.733. The fourth-order valence-electron chi connectivity index (χ4n) is 3.83. The van der Waals surface area contributed by atoms with Crippen molar-refractivity contribution in [2.75, 3.05) is 6.54 Å². The number of rotatable bonds is 5. The van der Waals surface area contributed by atoms with E-state index in [9.17, 15) is 0 Å². The van der Waals surface area contributed by atoms with E-state index >= 15 is 0 Å². The van der Waals surface area contributed by atoms with Gasteiger partial charge in [-0.3, -0.25) is 0 Å². The summed E-state index contributed by atoms with van der Waals surface area (Å²) < 4.78 is 0. The van der Waals surface area contributed by atoms with Gasteiger partial charge in [0.2, 0.25) is 0 Å². The van der Waals surface area contributed by atoms with E-state index in [2.05, 4.69) is 24.4 Å². The molecule has 18 heavy (non-hydrogen) atoms. The van der Waals surface area contributed by atoms with Gasteiger partial charge in [-0.05, 0) is 55.6 Å². The van der Waals surface area contributed by atoms with E-state index < -0.39 is 0 Å². The Bertz CT molecular complexity index is 399. The van der Waals surface area contributed by atoms with Crippen molar-refractivity contribution in [3.05, 3.63) is 21.9 Å². The Morgan fingerprint density at radius 2 is 2.06 bits per heavy atom. The molecule has 2 aliphatic rings. The summed E-state index contributed by atoms with van der Waals surface area (Å²) in [6, 6.07) is 4.98. The van der Waals surface area contributed by atoms with Crippen molar-refractivity contribution in [3.8, 4) is 0 Å². The summed E-state index contributed by atoms with van der Waals surface area (Å²) in [7, 11) is 0.